The quantitative estimate of drug-likeness (QED) is 0.213. The number of pyridine rings is 2. The molecule has 330 valence electrons. The second kappa shape index (κ2) is 19.8. The Labute approximate surface area is 355 Å². The number of aromatic nitrogens is 4. The summed E-state index contributed by atoms with van der Waals surface area (Å²) in [5, 5.41) is -0.975. The molecule has 2 N–H and O–H groups in total. The average Bonchev–Trinajstić information content (AvgIpc) is 4.07. The van der Waals surface area contributed by atoms with Crippen LogP contribution in [0.1, 0.15) is 89.4 Å². The molecule has 0 radical (unpaired) electrons. The topological polar surface area (TPSA) is 238 Å². The molecule has 9 heterocycles. The minimum Gasteiger partial charge on any atom is -0.461 e. The molecular formula is C40H53N9O10S2. The van der Waals surface area contributed by atoms with Gasteiger partial charge in [0.25, 0.3) is 17.9 Å². The number of esters is 1. The number of hydrogen-bond donors (Lipinski definition) is 1. The number of amides is 1. The minimum atomic E-state index is -3.37. The highest BCUT2D eigenvalue weighted by atomic mass is 32.2. The Bertz CT molecular complexity index is 2260. The fourth-order valence-electron chi connectivity index (χ4n) is 7.89. The van der Waals surface area contributed by atoms with E-state index < -0.39 is 42.4 Å². The van der Waals surface area contributed by atoms with Gasteiger partial charge in [0, 0.05) is 90.4 Å². The van der Waals surface area contributed by atoms with E-state index in [1.807, 2.05) is 24.3 Å². The molecule has 5 saturated heterocycles. The van der Waals surface area contributed by atoms with E-state index in [1.54, 1.807) is 50.1 Å². The summed E-state index contributed by atoms with van der Waals surface area (Å²) in [5.74, 6) is -0.483. The van der Waals surface area contributed by atoms with Crippen LogP contribution in [0, 0.1) is 0 Å². The molecule has 4 aromatic heterocycles. The summed E-state index contributed by atoms with van der Waals surface area (Å²) in [4.78, 5) is 42.3. The highest BCUT2D eigenvalue weighted by Crippen LogP contribution is 2.34. The molecule has 0 aliphatic carbocycles. The first-order valence-corrected chi connectivity index (χ1v) is 23.7. The van der Waals surface area contributed by atoms with Crippen molar-refractivity contribution >= 4 is 44.0 Å². The molecule has 0 spiro atoms. The van der Waals surface area contributed by atoms with E-state index in [-0.39, 0.29) is 30.0 Å². The molecule has 0 aromatic carbocycles. The van der Waals surface area contributed by atoms with E-state index in [9.17, 15) is 26.4 Å². The van der Waals surface area contributed by atoms with Crippen molar-refractivity contribution in [2.75, 3.05) is 82.0 Å². The van der Waals surface area contributed by atoms with Crippen LogP contribution in [0.4, 0.5) is 12.0 Å². The molecule has 61 heavy (non-hydrogen) atoms. The van der Waals surface area contributed by atoms with Crippen molar-refractivity contribution < 1.29 is 44.7 Å². The number of piperidine rings is 2. The summed E-state index contributed by atoms with van der Waals surface area (Å²) in [6.07, 6.45) is 15.3. The van der Waals surface area contributed by atoms with Crippen LogP contribution in [-0.4, -0.2) is 140 Å². The van der Waals surface area contributed by atoms with Crippen LogP contribution in [0.3, 0.4) is 0 Å². The first-order valence-electron chi connectivity index (χ1n) is 20.7. The molecule has 5 fully saturated rings. The Morgan fingerprint density at radius 3 is 1.46 bits per heavy atom. The minimum absolute atomic E-state index is 0.0366. The van der Waals surface area contributed by atoms with Gasteiger partial charge in [-0.15, -0.1) is 0 Å². The molecule has 0 bridgehead atoms. The van der Waals surface area contributed by atoms with Gasteiger partial charge in [-0.25, -0.2) is 30.2 Å². The van der Waals surface area contributed by atoms with Gasteiger partial charge < -0.3 is 33.8 Å². The number of oxazole rings is 2. The van der Waals surface area contributed by atoms with Crippen LogP contribution in [0.15, 0.2) is 70.4 Å². The number of carbonyl (C=O) groups is 2. The number of nitrogens with zero attached hydrogens (tertiary/aromatic N) is 8. The third kappa shape index (κ3) is 10.6. The Morgan fingerprint density at radius 2 is 1.10 bits per heavy atom. The van der Waals surface area contributed by atoms with Gasteiger partial charge >= 0.3 is 5.97 Å². The van der Waals surface area contributed by atoms with Gasteiger partial charge in [-0.05, 0) is 92.7 Å². The predicted octanol–water partition coefficient (Wildman–Crippen LogP) is 3.01. The summed E-state index contributed by atoms with van der Waals surface area (Å²) in [6.45, 7) is 7.26. The molecule has 21 heteroatoms. The zero-order chi connectivity index (χ0) is 43.0. The molecule has 19 nitrogen and oxygen atoms in total. The van der Waals surface area contributed by atoms with E-state index >= 15 is 0 Å². The smallest absolute Gasteiger partial charge is 0.360 e. The lowest BCUT2D eigenvalue weighted by atomic mass is 9.91. The second-order valence-electron chi connectivity index (χ2n) is 15.5. The van der Waals surface area contributed by atoms with Crippen molar-refractivity contribution in [1.82, 2.24) is 28.5 Å². The summed E-state index contributed by atoms with van der Waals surface area (Å²) in [7, 11) is -6.73. The fraction of sp³-hybridized carbons (Fsp3) is 0.550. The van der Waals surface area contributed by atoms with Gasteiger partial charge in [0.1, 0.15) is 23.0 Å². The molecule has 1 amide bonds. The summed E-state index contributed by atoms with van der Waals surface area (Å²) in [5.41, 5.74) is 7.70. The number of ether oxygens (including phenoxy) is 2. The lowest BCUT2D eigenvalue weighted by molar-refractivity contribution is 0.0519. The first-order chi connectivity index (χ1) is 29.4. The van der Waals surface area contributed by atoms with Gasteiger partial charge in [0.05, 0.1) is 6.61 Å². The van der Waals surface area contributed by atoms with E-state index in [4.69, 9.17) is 24.0 Å². The van der Waals surface area contributed by atoms with Crippen molar-refractivity contribution in [1.29, 1.82) is 0 Å². The zero-order valence-electron chi connectivity index (χ0n) is 34.2. The van der Waals surface area contributed by atoms with E-state index in [1.165, 1.54) is 36.5 Å². The fourth-order valence-corrected chi connectivity index (χ4v) is 11.6. The van der Waals surface area contributed by atoms with Gasteiger partial charge in [-0.2, -0.15) is 9.97 Å². The highest BCUT2D eigenvalue weighted by Gasteiger charge is 2.45. The summed E-state index contributed by atoms with van der Waals surface area (Å²) in [6, 6.07) is 8.46. The van der Waals surface area contributed by atoms with Crippen molar-refractivity contribution in [3.63, 3.8) is 0 Å². The van der Waals surface area contributed by atoms with Gasteiger partial charge in [-0.3, -0.25) is 14.8 Å². The Hall–Kier alpha value is -4.96. The normalized spacial score (nSPS) is 19.8. The van der Waals surface area contributed by atoms with Crippen LogP contribution in [-0.2, 0) is 29.5 Å². The average molecular weight is 884 g/mol. The number of sulfonamides is 2. The monoisotopic (exact) mass is 883 g/mol. The molecule has 9 rings (SSSR count). The van der Waals surface area contributed by atoms with Crippen molar-refractivity contribution in [2.24, 2.45) is 5.73 Å². The predicted molar refractivity (Wildman–Crippen MR) is 223 cm³/mol. The number of anilines is 2. The highest BCUT2D eigenvalue weighted by molar-refractivity contribution is 7.90. The van der Waals surface area contributed by atoms with Crippen LogP contribution in [0.25, 0.3) is 0 Å². The van der Waals surface area contributed by atoms with E-state index in [2.05, 4.69) is 19.9 Å². The second-order valence-corrected chi connectivity index (χ2v) is 19.9. The maximum atomic E-state index is 13.0. The Morgan fingerprint density at radius 1 is 0.689 bits per heavy atom. The molecule has 4 aromatic rings. The number of primary amides is 1. The lowest BCUT2D eigenvalue weighted by Gasteiger charge is -2.41. The van der Waals surface area contributed by atoms with Gasteiger partial charge in [0.2, 0.25) is 20.0 Å². The van der Waals surface area contributed by atoms with Crippen LogP contribution in [0.2, 0.25) is 0 Å². The summed E-state index contributed by atoms with van der Waals surface area (Å²) >= 11 is 0. The van der Waals surface area contributed by atoms with Crippen molar-refractivity contribution in [2.45, 2.75) is 67.8 Å². The maximum absolute atomic E-state index is 13.0. The molecule has 5 aliphatic heterocycles. The van der Waals surface area contributed by atoms with Crippen molar-refractivity contribution in [3.05, 3.63) is 84.1 Å². The summed E-state index contributed by atoms with van der Waals surface area (Å²) < 4.78 is 75.2. The third-order valence-electron chi connectivity index (χ3n) is 11.6. The molecule has 0 unspecified atom stereocenters. The number of rotatable bonds is 11. The standard InChI is InChI=1S/C19H24N4O5S.C17H21N5O4S.C4H8O/c1-2-27-18(24)17-13-28-19(21-17)22-11-16(12-22)29(25,26)23-9-5-15(6-10-23)14-3-7-20-8-4-14;18-16(23)15-11-26-17(20-15)21-9-14(10-21)27(24,25)22-7-3-13(4-8-22)12-1-5-19-6-2-12;1-2-4-5-3-1/h3-4,7-8,13,15-16H,2,5-6,9-12H2,1H3;1-2,5-6,11,13-14H,3-4,7-10H2,(H2,18,23);1-4H2. The zero-order valence-corrected chi connectivity index (χ0v) is 35.8. The van der Waals surface area contributed by atoms with Gasteiger partial charge in [0.15, 0.2) is 11.4 Å². The molecule has 0 saturated carbocycles. The Balaban J connectivity index is 0.000000165. The van der Waals surface area contributed by atoms with Crippen LogP contribution in [0.5, 0.6) is 0 Å². The number of carbonyl (C=O) groups excluding carboxylic acids is 2. The first kappa shape index (κ1) is 44.1. The largest absolute Gasteiger partial charge is 0.461 e. The van der Waals surface area contributed by atoms with Crippen LogP contribution < -0.4 is 15.5 Å². The SMILES string of the molecule is C1CCOC1.CCOC(=O)c1coc(N2CC(S(=O)(=O)N3CCC(c4ccncc4)CC3)C2)n1.NC(=O)c1coc(N2CC(S(=O)(=O)N3CCC(c4ccncc4)CC3)C2)n1. The third-order valence-corrected chi connectivity index (χ3v) is 16.1. The molecular weight excluding hydrogens is 831 g/mol. The Kier molecular flexibility index (Phi) is 14.3. The maximum Gasteiger partial charge on any atom is 0.360 e. The van der Waals surface area contributed by atoms with Crippen LogP contribution >= 0.6 is 0 Å². The number of hydrogen-bond acceptors (Lipinski definition) is 16. The molecule has 0 atom stereocenters. The van der Waals surface area contributed by atoms with Gasteiger partial charge in [-0.1, -0.05) is 0 Å². The molecule has 5 aliphatic rings. The lowest BCUT2D eigenvalue weighted by Crippen LogP contribution is -2.59. The van der Waals surface area contributed by atoms with E-state index in [0.29, 0.717) is 64.2 Å². The van der Waals surface area contributed by atoms with Crippen molar-refractivity contribution in [3.8, 4) is 0 Å². The number of nitrogens with two attached hydrogens (primary N) is 1. The van der Waals surface area contributed by atoms with E-state index in [0.717, 1.165) is 38.9 Å².